The Balaban J connectivity index is 3.81. The molecule has 0 spiro atoms. The van der Waals surface area contributed by atoms with Crippen molar-refractivity contribution < 1.29 is 18.8 Å². The lowest BCUT2D eigenvalue weighted by Gasteiger charge is -2.14. The van der Waals surface area contributed by atoms with Gasteiger partial charge < -0.3 is 15.7 Å². The number of carbonyl (C=O) groups excluding carboxylic acids is 1. The molecule has 0 saturated heterocycles. The molecule has 0 rings (SSSR count). The van der Waals surface area contributed by atoms with Gasteiger partial charge in [0, 0.05) is 17.5 Å². The van der Waals surface area contributed by atoms with Crippen LogP contribution in [0.25, 0.3) is 0 Å². The Morgan fingerprint density at radius 1 is 0.964 bits per heavy atom. The van der Waals surface area contributed by atoms with Gasteiger partial charge in [-0.2, -0.15) is 4.99 Å². The van der Waals surface area contributed by atoms with Crippen LogP contribution in [0.1, 0.15) is 101 Å². The number of nitrogens with zero attached hydrogens (tertiary/aromatic N) is 2. The number of unbranched alkanes of at least 4 members (excludes halogenated alkanes) is 11. The van der Waals surface area contributed by atoms with Gasteiger partial charge >= 0.3 is 5.97 Å². The van der Waals surface area contributed by atoms with E-state index < -0.39 is 31.4 Å². The standard InChI is InChI=1S/C22H41N3O3/c1-3-4-5-6-7-8-9-10-11-12-13-14-15-16-17-18-20(26)24-22(23)25(2)19-21(27)28/h7-8H,3-6,9-19H2,1-2H3,(H,27,28)(H2,23,24,26)/b8-7-/i2D3. The first-order chi connectivity index (χ1) is 14.7. The molecule has 6 heteroatoms. The predicted molar refractivity (Wildman–Crippen MR) is 116 cm³/mol. The summed E-state index contributed by atoms with van der Waals surface area (Å²) in [7, 11) is 0. The van der Waals surface area contributed by atoms with Crippen molar-refractivity contribution in [2.45, 2.75) is 96.8 Å². The molecule has 0 unspecified atom stereocenters. The maximum absolute atomic E-state index is 11.9. The van der Waals surface area contributed by atoms with Crippen LogP contribution in [0.15, 0.2) is 17.1 Å². The third kappa shape index (κ3) is 17.6. The fourth-order valence-electron chi connectivity index (χ4n) is 2.81. The zero-order valence-electron chi connectivity index (χ0n) is 20.5. The number of rotatable bonds is 17. The number of aliphatic imine (C=N–C) groups is 1. The van der Waals surface area contributed by atoms with Crippen LogP contribution >= 0.6 is 0 Å². The molecule has 0 fully saturated rings. The number of carboxylic acids is 1. The van der Waals surface area contributed by atoms with Gasteiger partial charge in [-0.05, 0) is 32.1 Å². The number of allylic oxidation sites excluding steroid dienone is 2. The second-order valence-corrected chi connectivity index (χ2v) is 7.18. The predicted octanol–water partition coefficient (Wildman–Crippen LogP) is 4.88. The van der Waals surface area contributed by atoms with Crippen LogP contribution in [0, 0.1) is 0 Å². The summed E-state index contributed by atoms with van der Waals surface area (Å²) in [5, 5.41) is 8.79. The highest BCUT2D eigenvalue weighted by Crippen LogP contribution is 2.11. The summed E-state index contributed by atoms with van der Waals surface area (Å²) in [5.74, 6) is -2.47. The van der Waals surface area contributed by atoms with Gasteiger partial charge in [0.1, 0.15) is 6.54 Å². The first kappa shape index (κ1) is 20.9. The Labute approximate surface area is 175 Å². The average Bonchev–Trinajstić information content (AvgIpc) is 2.68. The van der Waals surface area contributed by atoms with Gasteiger partial charge in [-0.15, -0.1) is 0 Å². The minimum Gasteiger partial charge on any atom is -0.480 e. The molecule has 0 radical (unpaired) electrons. The number of likely N-dealkylation sites (N-methyl/N-ethyl adjacent to an activating group) is 1. The topological polar surface area (TPSA) is 96.0 Å². The van der Waals surface area contributed by atoms with E-state index in [1.807, 2.05) is 0 Å². The summed E-state index contributed by atoms with van der Waals surface area (Å²) < 4.78 is 21.9. The van der Waals surface area contributed by atoms with E-state index in [9.17, 15) is 9.59 Å². The maximum atomic E-state index is 11.9. The first-order valence-electron chi connectivity index (χ1n) is 12.2. The van der Waals surface area contributed by atoms with Gasteiger partial charge in [0.2, 0.25) is 5.91 Å². The third-order valence-electron chi connectivity index (χ3n) is 4.46. The molecule has 0 aliphatic carbocycles. The molecule has 0 atom stereocenters. The number of amides is 1. The molecule has 1 amide bonds. The first-order valence-corrected chi connectivity index (χ1v) is 10.7. The second-order valence-electron chi connectivity index (χ2n) is 7.18. The zero-order valence-corrected chi connectivity index (χ0v) is 17.5. The lowest BCUT2D eigenvalue weighted by atomic mass is 10.1. The van der Waals surface area contributed by atoms with Crippen LogP contribution < -0.4 is 5.73 Å². The minimum absolute atomic E-state index is 0.174. The smallest absolute Gasteiger partial charge is 0.323 e. The van der Waals surface area contributed by atoms with E-state index in [1.54, 1.807) is 0 Å². The van der Waals surface area contributed by atoms with Crippen molar-refractivity contribution in [3.05, 3.63) is 12.2 Å². The molecule has 0 bridgehead atoms. The largest absolute Gasteiger partial charge is 0.480 e. The Kier molecular flexibility index (Phi) is 13.8. The lowest BCUT2D eigenvalue weighted by molar-refractivity contribution is -0.137. The normalized spacial score (nSPS) is 13.9. The van der Waals surface area contributed by atoms with Crippen LogP contribution in [0.2, 0.25) is 0 Å². The van der Waals surface area contributed by atoms with Crippen molar-refractivity contribution in [1.82, 2.24) is 4.90 Å². The molecular formula is C22H41N3O3. The van der Waals surface area contributed by atoms with E-state index in [0.29, 0.717) is 11.3 Å². The van der Waals surface area contributed by atoms with Gasteiger partial charge in [0.25, 0.3) is 0 Å². The molecule has 0 aliphatic heterocycles. The minimum atomic E-state index is -2.77. The summed E-state index contributed by atoms with van der Waals surface area (Å²) >= 11 is 0. The number of aliphatic carboxylic acids is 1. The van der Waals surface area contributed by atoms with E-state index >= 15 is 0 Å². The second kappa shape index (κ2) is 18.5. The van der Waals surface area contributed by atoms with Crippen molar-refractivity contribution in [2.24, 2.45) is 10.7 Å². The van der Waals surface area contributed by atoms with E-state index in [4.69, 9.17) is 15.0 Å². The maximum Gasteiger partial charge on any atom is 0.323 e. The van der Waals surface area contributed by atoms with E-state index in [0.717, 1.165) is 19.3 Å². The Bertz CT molecular complexity index is 564. The fourth-order valence-corrected chi connectivity index (χ4v) is 2.81. The van der Waals surface area contributed by atoms with Gasteiger partial charge in [-0.1, -0.05) is 70.4 Å². The number of nitrogens with two attached hydrogens (primary N) is 1. The highest BCUT2D eigenvalue weighted by atomic mass is 16.4. The monoisotopic (exact) mass is 398 g/mol. The quantitative estimate of drug-likeness (QED) is 0.157. The van der Waals surface area contributed by atoms with Gasteiger partial charge in [0.05, 0.1) is 0 Å². The number of hydrogen-bond donors (Lipinski definition) is 2. The Morgan fingerprint density at radius 3 is 2.04 bits per heavy atom. The molecule has 0 heterocycles. The van der Waals surface area contributed by atoms with Crippen molar-refractivity contribution >= 4 is 17.8 Å². The van der Waals surface area contributed by atoms with E-state index in [2.05, 4.69) is 24.1 Å². The van der Waals surface area contributed by atoms with Crippen molar-refractivity contribution in [3.63, 3.8) is 0 Å². The van der Waals surface area contributed by atoms with Gasteiger partial charge in [0.15, 0.2) is 5.96 Å². The van der Waals surface area contributed by atoms with E-state index in [1.165, 1.54) is 57.8 Å². The summed E-state index contributed by atoms with van der Waals surface area (Å²) in [6.07, 6.45) is 19.7. The number of hydrogen-bond acceptors (Lipinski definition) is 2. The summed E-state index contributed by atoms with van der Waals surface area (Å²) in [5.41, 5.74) is 5.54. The lowest BCUT2D eigenvalue weighted by Crippen LogP contribution is -2.38. The fraction of sp³-hybridized carbons (Fsp3) is 0.773. The third-order valence-corrected chi connectivity index (χ3v) is 4.46. The van der Waals surface area contributed by atoms with Crippen LogP contribution in [-0.4, -0.2) is 41.4 Å². The van der Waals surface area contributed by atoms with Gasteiger partial charge in [-0.25, -0.2) is 0 Å². The zero-order chi connectivity index (χ0) is 23.5. The van der Waals surface area contributed by atoms with Crippen molar-refractivity contribution in [2.75, 3.05) is 13.5 Å². The summed E-state index contributed by atoms with van der Waals surface area (Å²) in [6, 6.07) is 0. The molecule has 0 aromatic rings. The van der Waals surface area contributed by atoms with Crippen molar-refractivity contribution in [1.29, 1.82) is 0 Å². The molecule has 0 aliphatic rings. The molecule has 28 heavy (non-hydrogen) atoms. The molecule has 0 aromatic heterocycles. The van der Waals surface area contributed by atoms with Crippen LogP contribution in [0.3, 0.4) is 0 Å². The molecule has 0 aromatic carbocycles. The SMILES string of the molecule is [2H]C([2H])([2H])N(CC(=O)O)C(N)=NC(=O)CCCCCCCCCC/C=C\CCCCC. The average molecular weight is 399 g/mol. The number of carbonyl (C=O) groups is 2. The molecular weight excluding hydrogens is 354 g/mol. The van der Waals surface area contributed by atoms with Crippen LogP contribution in [0.5, 0.6) is 0 Å². The van der Waals surface area contributed by atoms with E-state index in [-0.39, 0.29) is 6.42 Å². The molecule has 6 nitrogen and oxygen atoms in total. The van der Waals surface area contributed by atoms with Gasteiger partial charge in [-0.3, -0.25) is 9.59 Å². The Morgan fingerprint density at radius 2 is 1.50 bits per heavy atom. The highest BCUT2D eigenvalue weighted by Gasteiger charge is 2.08. The highest BCUT2D eigenvalue weighted by molar-refractivity contribution is 5.93. The Hall–Kier alpha value is -1.85. The summed E-state index contributed by atoms with van der Waals surface area (Å²) in [4.78, 5) is 26.7. The van der Waals surface area contributed by atoms with Crippen LogP contribution in [0.4, 0.5) is 0 Å². The molecule has 162 valence electrons. The number of carboxylic acid groups (broad SMARTS) is 1. The molecule has 0 saturated carbocycles. The van der Waals surface area contributed by atoms with Crippen molar-refractivity contribution in [3.8, 4) is 0 Å². The van der Waals surface area contributed by atoms with Crippen LogP contribution in [-0.2, 0) is 9.59 Å². The number of guanidine groups is 1. The summed E-state index contributed by atoms with van der Waals surface area (Å²) in [6.45, 7) is -1.38. The molecule has 3 N–H and O–H groups in total.